The van der Waals surface area contributed by atoms with Crippen molar-refractivity contribution >= 4 is 35.1 Å². The fraction of sp³-hybridized carbons (Fsp3) is 0.500. The van der Waals surface area contributed by atoms with Gasteiger partial charge in [-0.15, -0.1) is 0 Å². The number of aromatic nitrogens is 1. The van der Waals surface area contributed by atoms with Crippen molar-refractivity contribution in [1.82, 2.24) is 15.2 Å². The molecule has 0 aliphatic heterocycles. The number of pyridine rings is 1. The zero-order valence-corrected chi connectivity index (χ0v) is 14.9. The highest BCUT2D eigenvalue weighted by molar-refractivity contribution is 6.39. The summed E-state index contributed by atoms with van der Waals surface area (Å²) in [5.74, 6) is -1.49. The molecule has 8 nitrogen and oxygen atoms in total. The Morgan fingerprint density at radius 3 is 2.52 bits per heavy atom. The Bertz CT molecular complexity index is 650. The second-order valence-electron chi connectivity index (χ2n) is 6.30. The molecule has 0 radical (unpaired) electrons. The lowest BCUT2D eigenvalue weighted by Crippen LogP contribution is -2.54. The molecule has 1 fully saturated rings. The molecular formula is C16H22ClN5O3. The van der Waals surface area contributed by atoms with Crippen LogP contribution >= 0.6 is 11.6 Å². The fourth-order valence-corrected chi connectivity index (χ4v) is 2.94. The van der Waals surface area contributed by atoms with Gasteiger partial charge in [0.15, 0.2) is 0 Å². The van der Waals surface area contributed by atoms with Gasteiger partial charge >= 0.3 is 11.8 Å². The minimum Gasteiger partial charge on any atom is -0.349 e. The average Bonchev–Trinajstić information content (AvgIpc) is 2.57. The van der Waals surface area contributed by atoms with Gasteiger partial charge in [-0.1, -0.05) is 11.6 Å². The van der Waals surface area contributed by atoms with Crippen LogP contribution in [0.5, 0.6) is 0 Å². The van der Waals surface area contributed by atoms with E-state index in [9.17, 15) is 14.4 Å². The summed E-state index contributed by atoms with van der Waals surface area (Å²) in [6, 6.07) is 2.33. The first kappa shape index (κ1) is 19.1. The molecule has 2 rings (SSSR count). The second-order valence-corrected chi connectivity index (χ2v) is 6.74. The maximum atomic E-state index is 12.0. The van der Waals surface area contributed by atoms with Crippen molar-refractivity contribution in [1.29, 1.82) is 0 Å². The molecule has 1 aliphatic carbocycles. The number of nitrogens with zero attached hydrogens (tertiary/aromatic N) is 2. The van der Waals surface area contributed by atoms with Crippen LogP contribution in [0, 0.1) is 5.92 Å². The predicted molar refractivity (Wildman–Crippen MR) is 93.8 cm³/mol. The molecule has 136 valence electrons. The Hall–Kier alpha value is -2.19. The van der Waals surface area contributed by atoms with Gasteiger partial charge in [0.05, 0.1) is 5.02 Å². The standard InChI is InChI=1S/C16H22ClN5O3/c1-22(2)16(25)9-3-5-12(11(18)7-9)20-14(23)15(24)21-13-6-4-10(17)8-19-13/h4,6,8-9,11-12H,3,5,7,18H2,1-2H3,(H,20,23)(H,19,21,24)/t9-,11+,12-/m1/s1. The monoisotopic (exact) mass is 367 g/mol. The second kappa shape index (κ2) is 8.26. The van der Waals surface area contributed by atoms with Crippen molar-refractivity contribution in [3.05, 3.63) is 23.4 Å². The molecule has 0 aromatic carbocycles. The number of hydrogen-bond acceptors (Lipinski definition) is 5. The summed E-state index contributed by atoms with van der Waals surface area (Å²) >= 11 is 5.71. The topological polar surface area (TPSA) is 117 Å². The molecule has 25 heavy (non-hydrogen) atoms. The van der Waals surface area contributed by atoms with Gasteiger partial charge in [0.2, 0.25) is 5.91 Å². The number of nitrogens with one attached hydrogen (secondary N) is 2. The number of rotatable bonds is 3. The van der Waals surface area contributed by atoms with Crippen molar-refractivity contribution in [3.63, 3.8) is 0 Å². The third-order valence-electron chi connectivity index (χ3n) is 4.18. The van der Waals surface area contributed by atoms with Gasteiger partial charge in [-0.25, -0.2) is 4.98 Å². The summed E-state index contributed by atoms with van der Waals surface area (Å²) < 4.78 is 0. The molecule has 0 saturated heterocycles. The third kappa shape index (κ3) is 5.14. The normalized spacial score (nSPS) is 22.8. The zero-order valence-electron chi connectivity index (χ0n) is 14.2. The number of hydrogen-bond donors (Lipinski definition) is 3. The number of nitrogens with two attached hydrogens (primary N) is 1. The van der Waals surface area contributed by atoms with Gasteiger partial charge in [0.1, 0.15) is 5.82 Å². The predicted octanol–water partition coefficient (Wildman–Crippen LogP) is 0.374. The largest absolute Gasteiger partial charge is 0.349 e. The lowest BCUT2D eigenvalue weighted by Gasteiger charge is -2.34. The number of amides is 3. The number of carbonyl (C=O) groups excluding carboxylic acids is 3. The fourth-order valence-electron chi connectivity index (χ4n) is 2.83. The van der Waals surface area contributed by atoms with Gasteiger partial charge in [-0.2, -0.15) is 0 Å². The highest BCUT2D eigenvalue weighted by Crippen LogP contribution is 2.25. The first-order valence-electron chi connectivity index (χ1n) is 7.98. The van der Waals surface area contributed by atoms with Gasteiger partial charge in [-0.3, -0.25) is 14.4 Å². The van der Waals surface area contributed by atoms with E-state index in [0.717, 1.165) is 0 Å². The van der Waals surface area contributed by atoms with E-state index in [0.29, 0.717) is 24.3 Å². The van der Waals surface area contributed by atoms with Crippen LogP contribution in [-0.4, -0.2) is 53.8 Å². The zero-order chi connectivity index (χ0) is 18.6. The van der Waals surface area contributed by atoms with Crippen molar-refractivity contribution in [2.45, 2.75) is 31.3 Å². The van der Waals surface area contributed by atoms with E-state index in [4.69, 9.17) is 17.3 Å². The van der Waals surface area contributed by atoms with E-state index >= 15 is 0 Å². The molecule has 4 N–H and O–H groups in total. The lowest BCUT2D eigenvalue weighted by molar-refractivity contribution is -0.137. The van der Waals surface area contributed by atoms with Crippen LogP contribution in [0.4, 0.5) is 5.82 Å². The molecule has 3 amide bonds. The average molecular weight is 368 g/mol. The first-order valence-corrected chi connectivity index (χ1v) is 8.36. The summed E-state index contributed by atoms with van der Waals surface area (Å²) in [5.41, 5.74) is 6.08. The van der Waals surface area contributed by atoms with Crippen LogP contribution in [0.25, 0.3) is 0 Å². The SMILES string of the molecule is CN(C)C(=O)[C@@H]1CC[C@@H](NC(=O)C(=O)Nc2ccc(Cl)cn2)[C@@H](N)C1. The van der Waals surface area contributed by atoms with Crippen molar-refractivity contribution in [2.24, 2.45) is 11.7 Å². The van der Waals surface area contributed by atoms with E-state index in [1.54, 1.807) is 25.1 Å². The number of anilines is 1. The van der Waals surface area contributed by atoms with E-state index in [1.165, 1.54) is 12.3 Å². The Kier molecular flexibility index (Phi) is 6.33. The van der Waals surface area contributed by atoms with Crippen molar-refractivity contribution in [2.75, 3.05) is 19.4 Å². The molecule has 9 heteroatoms. The Morgan fingerprint density at radius 1 is 1.24 bits per heavy atom. The lowest BCUT2D eigenvalue weighted by atomic mass is 9.82. The van der Waals surface area contributed by atoms with Crippen LogP contribution in [0.15, 0.2) is 18.3 Å². The maximum absolute atomic E-state index is 12.0. The summed E-state index contributed by atoms with van der Waals surface area (Å²) in [7, 11) is 3.41. The Labute approximate surface area is 151 Å². The molecule has 1 heterocycles. The quantitative estimate of drug-likeness (QED) is 0.667. The highest BCUT2D eigenvalue weighted by atomic mass is 35.5. The molecule has 0 bridgehead atoms. The van der Waals surface area contributed by atoms with Crippen molar-refractivity contribution < 1.29 is 14.4 Å². The number of carbonyl (C=O) groups is 3. The van der Waals surface area contributed by atoms with Gasteiger partial charge < -0.3 is 21.3 Å². The number of halogens is 1. The van der Waals surface area contributed by atoms with E-state index in [2.05, 4.69) is 15.6 Å². The summed E-state index contributed by atoms with van der Waals surface area (Å²) in [6.07, 6.45) is 3.01. The molecule has 1 aromatic heterocycles. The minimum atomic E-state index is -0.825. The van der Waals surface area contributed by atoms with Gasteiger partial charge in [0.25, 0.3) is 0 Å². The van der Waals surface area contributed by atoms with Gasteiger partial charge in [0, 0.05) is 38.3 Å². The van der Waals surface area contributed by atoms with Crippen LogP contribution < -0.4 is 16.4 Å². The van der Waals surface area contributed by atoms with Crippen LogP contribution in [0.2, 0.25) is 5.02 Å². The van der Waals surface area contributed by atoms with Gasteiger partial charge in [-0.05, 0) is 31.4 Å². The molecule has 0 spiro atoms. The van der Waals surface area contributed by atoms with Crippen LogP contribution in [0.3, 0.4) is 0 Å². The van der Waals surface area contributed by atoms with E-state index < -0.39 is 11.8 Å². The maximum Gasteiger partial charge on any atom is 0.314 e. The third-order valence-corrected chi connectivity index (χ3v) is 4.40. The summed E-state index contributed by atoms with van der Waals surface area (Å²) in [4.78, 5) is 41.4. The Balaban J connectivity index is 1.87. The molecule has 1 aromatic rings. The summed E-state index contributed by atoms with van der Waals surface area (Å²) in [6.45, 7) is 0. The van der Waals surface area contributed by atoms with E-state index in [1.807, 2.05) is 0 Å². The molecule has 1 saturated carbocycles. The highest BCUT2D eigenvalue weighted by Gasteiger charge is 2.34. The Morgan fingerprint density at radius 2 is 1.96 bits per heavy atom. The van der Waals surface area contributed by atoms with E-state index in [-0.39, 0.29) is 29.7 Å². The summed E-state index contributed by atoms with van der Waals surface area (Å²) in [5, 5.41) is 5.46. The smallest absolute Gasteiger partial charge is 0.314 e. The molecule has 3 atom stereocenters. The molecule has 0 unspecified atom stereocenters. The first-order chi connectivity index (χ1) is 11.8. The van der Waals surface area contributed by atoms with Crippen LogP contribution in [0.1, 0.15) is 19.3 Å². The van der Waals surface area contributed by atoms with Crippen molar-refractivity contribution in [3.8, 4) is 0 Å². The minimum absolute atomic E-state index is 0.0341. The van der Waals surface area contributed by atoms with Crippen LogP contribution in [-0.2, 0) is 14.4 Å². The molecular weight excluding hydrogens is 346 g/mol. The molecule has 1 aliphatic rings.